The van der Waals surface area contributed by atoms with Crippen molar-refractivity contribution >= 4 is 41.0 Å². The maximum Gasteiger partial charge on any atom is 0.315 e. The number of nitrogens with one attached hydrogen (secondary N) is 2. The number of hydrogen-bond acceptors (Lipinski definition) is 4. The summed E-state index contributed by atoms with van der Waals surface area (Å²) in [5.74, 6) is 1.26. The van der Waals surface area contributed by atoms with Crippen LogP contribution in [0.25, 0.3) is 5.69 Å². The summed E-state index contributed by atoms with van der Waals surface area (Å²) in [4.78, 5) is 12.3. The predicted octanol–water partition coefficient (Wildman–Crippen LogP) is 5.87. The summed E-state index contributed by atoms with van der Waals surface area (Å²) in [6, 6.07) is 24.7. The molecule has 0 aliphatic heterocycles. The van der Waals surface area contributed by atoms with Crippen LogP contribution >= 0.6 is 35.0 Å². The number of benzene rings is 3. The highest BCUT2D eigenvalue weighted by Gasteiger charge is 2.18. The number of carbonyl (C=O) groups is 1. The van der Waals surface area contributed by atoms with Crippen LogP contribution < -0.4 is 10.6 Å². The van der Waals surface area contributed by atoms with Gasteiger partial charge in [-0.05, 0) is 29.3 Å². The Labute approximate surface area is 206 Å². The van der Waals surface area contributed by atoms with Gasteiger partial charge in [-0.1, -0.05) is 95.6 Å². The fourth-order valence-corrected chi connectivity index (χ4v) is 4.42. The number of halogens is 2. The molecule has 0 bridgehead atoms. The molecule has 1 aromatic heterocycles. The van der Waals surface area contributed by atoms with Crippen molar-refractivity contribution in [3.05, 3.63) is 106 Å². The van der Waals surface area contributed by atoms with Crippen molar-refractivity contribution in [3.8, 4) is 5.69 Å². The predicted molar refractivity (Wildman–Crippen MR) is 133 cm³/mol. The molecule has 33 heavy (non-hydrogen) atoms. The van der Waals surface area contributed by atoms with Crippen molar-refractivity contribution in [2.24, 2.45) is 0 Å². The third-order valence-electron chi connectivity index (χ3n) is 4.76. The molecule has 0 fully saturated rings. The molecule has 1 heterocycles. The lowest BCUT2D eigenvalue weighted by atomic mass is 10.2. The number of nitrogens with zero attached hydrogens (tertiary/aromatic N) is 3. The first kappa shape index (κ1) is 23.2. The summed E-state index contributed by atoms with van der Waals surface area (Å²) < 4.78 is 1.83. The van der Waals surface area contributed by atoms with Gasteiger partial charge in [0.2, 0.25) is 0 Å². The van der Waals surface area contributed by atoms with Crippen LogP contribution in [-0.2, 0) is 18.8 Å². The van der Waals surface area contributed by atoms with E-state index in [-0.39, 0.29) is 12.6 Å². The van der Waals surface area contributed by atoms with Gasteiger partial charge in [0.05, 0.1) is 17.3 Å². The lowest BCUT2D eigenvalue weighted by Gasteiger charge is -2.13. The normalized spacial score (nSPS) is 10.7. The molecular formula is C24H21Cl2N5OS. The highest BCUT2D eigenvalue weighted by molar-refractivity contribution is 7.98. The van der Waals surface area contributed by atoms with Gasteiger partial charge < -0.3 is 10.6 Å². The second kappa shape index (κ2) is 11.2. The highest BCUT2D eigenvalue weighted by Crippen LogP contribution is 2.30. The van der Waals surface area contributed by atoms with Crippen molar-refractivity contribution in [2.75, 3.05) is 0 Å². The summed E-state index contributed by atoms with van der Waals surface area (Å²) in [5, 5.41) is 16.1. The number of carbonyl (C=O) groups excluding carboxylic acids is 1. The molecule has 3 aromatic carbocycles. The van der Waals surface area contributed by atoms with Gasteiger partial charge in [0.1, 0.15) is 0 Å². The van der Waals surface area contributed by atoms with Crippen molar-refractivity contribution in [3.63, 3.8) is 0 Å². The van der Waals surface area contributed by atoms with E-state index in [0.29, 0.717) is 39.0 Å². The van der Waals surface area contributed by atoms with Gasteiger partial charge in [0, 0.05) is 17.3 Å². The van der Waals surface area contributed by atoms with Crippen LogP contribution in [0.15, 0.2) is 84.0 Å². The molecule has 2 amide bonds. The first-order valence-corrected chi connectivity index (χ1v) is 12.0. The minimum atomic E-state index is -0.302. The van der Waals surface area contributed by atoms with E-state index in [1.807, 2.05) is 53.1 Å². The first-order valence-electron chi connectivity index (χ1n) is 10.2. The number of urea groups is 1. The Kier molecular flexibility index (Phi) is 7.88. The Balaban J connectivity index is 1.51. The van der Waals surface area contributed by atoms with E-state index in [1.54, 1.807) is 18.2 Å². The Morgan fingerprint density at radius 1 is 0.848 bits per heavy atom. The third kappa shape index (κ3) is 6.28. The fourth-order valence-electron chi connectivity index (χ4n) is 3.13. The second-order valence-corrected chi connectivity index (χ2v) is 8.91. The summed E-state index contributed by atoms with van der Waals surface area (Å²) in [6.45, 7) is 0.597. The van der Waals surface area contributed by atoms with E-state index in [4.69, 9.17) is 23.2 Å². The molecule has 0 saturated carbocycles. The number of aromatic nitrogens is 3. The van der Waals surface area contributed by atoms with Gasteiger partial charge in [0.25, 0.3) is 0 Å². The third-order valence-corrected chi connectivity index (χ3v) is 6.32. The van der Waals surface area contributed by atoms with Gasteiger partial charge in [-0.15, -0.1) is 10.2 Å². The number of amides is 2. The second-order valence-electron chi connectivity index (χ2n) is 7.13. The van der Waals surface area contributed by atoms with Crippen LogP contribution in [0.1, 0.15) is 17.0 Å². The zero-order valence-electron chi connectivity index (χ0n) is 17.5. The molecule has 0 aliphatic rings. The van der Waals surface area contributed by atoms with Gasteiger partial charge >= 0.3 is 6.03 Å². The zero-order chi connectivity index (χ0) is 23.0. The van der Waals surface area contributed by atoms with E-state index in [2.05, 4.69) is 33.0 Å². The number of thioether (sulfide) groups is 1. The van der Waals surface area contributed by atoms with Crippen LogP contribution in [-0.4, -0.2) is 20.8 Å². The number of rotatable bonds is 8. The van der Waals surface area contributed by atoms with E-state index in [1.165, 1.54) is 11.8 Å². The topological polar surface area (TPSA) is 71.8 Å². The molecule has 6 nitrogen and oxygen atoms in total. The molecule has 4 aromatic rings. The molecule has 4 rings (SSSR count). The molecular weight excluding hydrogens is 477 g/mol. The standard InChI is InChI=1S/C24H21Cl2N5OS/c25-19-11-12-20(26)21(13-19)31-22(15-28-23(32)27-14-17-7-3-1-4-8-17)29-30-24(31)33-16-18-9-5-2-6-10-18/h1-13H,14-16H2,(H2,27,28,32). The van der Waals surface area contributed by atoms with Crippen LogP contribution in [0.4, 0.5) is 4.79 Å². The zero-order valence-corrected chi connectivity index (χ0v) is 19.9. The quantitative estimate of drug-likeness (QED) is 0.298. The van der Waals surface area contributed by atoms with Gasteiger partial charge in [-0.3, -0.25) is 4.57 Å². The Morgan fingerprint density at radius 2 is 1.52 bits per heavy atom. The SMILES string of the molecule is O=C(NCc1ccccc1)NCc1nnc(SCc2ccccc2)n1-c1cc(Cl)ccc1Cl. The fraction of sp³-hybridized carbons (Fsp3) is 0.125. The van der Waals surface area contributed by atoms with Crippen molar-refractivity contribution in [1.29, 1.82) is 0 Å². The molecule has 0 aliphatic carbocycles. The summed E-state index contributed by atoms with van der Waals surface area (Å²) in [5.41, 5.74) is 2.83. The van der Waals surface area contributed by atoms with Crippen LogP contribution in [0.3, 0.4) is 0 Å². The molecule has 0 spiro atoms. The molecule has 2 N–H and O–H groups in total. The average Bonchev–Trinajstić information content (AvgIpc) is 3.25. The van der Waals surface area contributed by atoms with Gasteiger partial charge in [0.15, 0.2) is 11.0 Å². The largest absolute Gasteiger partial charge is 0.334 e. The molecule has 0 atom stereocenters. The van der Waals surface area contributed by atoms with E-state index in [9.17, 15) is 4.79 Å². The van der Waals surface area contributed by atoms with E-state index < -0.39 is 0 Å². The lowest BCUT2D eigenvalue weighted by molar-refractivity contribution is 0.240. The van der Waals surface area contributed by atoms with Crippen LogP contribution in [0, 0.1) is 0 Å². The average molecular weight is 498 g/mol. The van der Waals surface area contributed by atoms with Gasteiger partial charge in [-0.2, -0.15) is 0 Å². The van der Waals surface area contributed by atoms with E-state index in [0.717, 1.165) is 11.1 Å². The maximum absolute atomic E-state index is 12.3. The molecule has 0 radical (unpaired) electrons. The summed E-state index contributed by atoms with van der Waals surface area (Å²) in [6.07, 6.45) is 0. The van der Waals surface area contributed by atoms with Crippen LogP contribution in [0.5, 0.6) is 0 Å². The Bertz CT molecular complexity index is 1220. The van der Waals surface area contributed by atoms with Crippen molar-refractivity contribution in [2.45, 2.75) is 24.0 Å². The first-order chi connectivity index (χ1) is 16.1. The lowest BCUT2D eigenvalue weighted by Crippen LogP contribution is -2.35. The summed E-state index contributed by atoms with van der Waals surface area (Å²) in [7, 11) is 0. The molecule has 0 saturated heterocycles. The smallest absolute Gasteiger partial charge is 0.315 e. The molecule has 0 unspecified atom stereocenters. The van der Waals surface area contributed by atoms with Crippen LogP contribution in [0.2, 0.25) is 10.0 Å². The van der Waals surface area contributed by atoms with Crippen molar-refractivity contribution < 1.29 is 4.79 Å². The molecule has 168 valence electrons. The Hall–Kier alpha value is -3.00. The Morgan fingerprint density at radius 3 is 2.24 bits per heavy atom. The van der Waals surface area contributed by atoms with Gasteiger partial charge in [-0.25, -0.2) is 4.79 Å². The minimum Gasteiger partial charge on any atom is -0.334 e. The maximum atomic E-state index is 12.3. The highest BCUT2D eigenvalue weighted by atomic mass is 35.5. The minimum absolute atomic E-state index is 0.169. The number of hydrogen-bond donors (Lipinski definition) is 2. The monoisotopic (exact) mass is 497 g/mol. The van der Waals surface area contributed by atoms with Crippen molar-refractivity contribution in [1.82, 2.24) is 25.4 Å². The van der Waals surface area contributed by atoms with E-state index >= 15 is 0 Å². The summed E-state index contributed by atoms with van der Waals surface area (Å²) >= 11 is 14.3. The molecule has 9 heteroatoms.